The van der Waals surface area contributed by atoms with Crippen molar-refractivity contribution in [3.8, 4) is 11.3 Å². The van der Waals surface area contributed by atoms with Gasteiger partial charge in [0.25, 0.3) is 5.91 Å². The van der Waals surface area contributed by atoms with E-state index in [0.717, 1.165) is 66.0 Å². The molecule has 1 fully saturated rings. The van der Waals surface area contributed by atoms with Gasteiger partial charge >= 0.3 is 0 Å². The van der Waals surface area contributed by atoms with Crippen molar-refractivity contribution in [1.82, 2.24) is 20.6 Å². The van der Waals surface area contributed by atoms with Crippen LogP contribution in [0.1, 0.15) is 64.6 Å². The predicted molar refractivity (Wildman–Crippen MR) is 135 cm³/mol. The Morgan fingerprint density at radius 1 is 1.14 bits per heavy atom. The van der Waals surface area contributed by atoms with Crippen LogP contribution in [0.4, 0.5) is 4.39 Å². The van der Waals surface area contributed by atoms with E-state index in [1.807, 2.05) is 38.1 Å². The lowest BCUT2D eigenvalue weighted by atomic mass is 10.0. The van der Waals surface area contributed by atoms with E-state index >= 15 is 0 Å². The van der Waals surface area contributed by atoms with Gasteiger partial charge in [0.05, 0.1) is 23.3 Å². The van der Waals surface area contributed by atoms with Crippen molar-refractivity contribution in [2.75, 3.05) is 6.54 Å². The van der Waals surface area contributed by atoms with Crippen molar-refractivity contribution in [2.24, 2.45) is 10.9 Å². The first-order chi connectivity index (χ1) is 17.0. The summed E-state index contributed by atoms with van der Waals surface area (Å²) in [6, 6.07) is 12.3. The number of aliphatic imine (C=N–C) groups is 1. The minimum atomic E-state index is -0.292. The molecule has 1 aromatic carbocycles. The summed E-state index contributed by atoms with van der Waals surface area (Å²) in [5.41, 5.74) is 5.49. The van der Waals surface area contributed by atoms with Gasteiger partial charge in [-0.1, -0.05) is 0 Å². The van der Waals surface area contributed by atoms with Crippen molar-refractivity contribution in [3.05, 3.63) is 82.6 Å². The summed E-state index contributed by atoms with van der Waals surface area (Å²) < 4.78 is 13.7. The lowest BCUT2D eigenvalue weighted by Crippen LogP contribution is -2.31. The number of halogens is 1. The summed E-state index contributed by atoms with van der Waals surface area (Å²) in [5.74, 6) is 0.856. The molecule has 5 rings (SSSR count). The number of pyridine rings is 2. The topological polar surface area (TPSA) is 79.3 Å². The Labute approximate surface area is 205 Å². The minimum Gasteiger partial charge on any atom is -0.370 e. The zero-order chi connectivity index (χ0) is 24.4. The van der Waals surface area contributed by atoms with E-state index in [1.54, 1.807) is 12.3 Å². The summed E-state index contributed by atoms with van der Waals surface area (Å²) in [4.78, 5) is 27.2. The molecule has 1 atom stereocenters. The van der Waals surface area contributed by atoms with Crippen LogP contribution in [0.5, 0.6) is 0 Å². The van der Waals surface area contributed by atoms with Crippen molar-refractivity contribution in [1.29, 1.82) is 0 Å². The Morgan fingerprint density at radius 3 is 2.71 bits per heavy atom. The van der Waals surface area contributed by atoms with Crippen LogP contribution >= 0.6 is 0 Å². The zero-order valence-electron chi connectivity index (χ0n) is 20.1. The highest BCUT2D eigenvalue weighted by molar-refractivity contribution is 5.93. The van der Waals surface area contributed by atoms with Crippen molar-refractivity contribution in [3.63, 3.8) is 0 Å². The highest BCUT2D eigenvalue weighted by Gasteiger charge is 2.35. The molecule has 1 aliphatic heterocycles. The lowest BCUT2D eigenvalue weighted by molar-refractivity contribution is 0.0925. The van der Waals surface area contributed by atoms with Crippen molar-refractivity contribution in [2.45, 2.75) is 52.1 Å². The van der Waals surface area contributed by atoms with E-state index in [2.05, 4.69) is 20.6 Å². The third-order valence-electron chi connectivity index (χ3n) is 6.59. The number of carbonyl (C=O) groups excluding carboxylic acids is 1. The Kier molecular flexibility index (Phi) is 6.57. The zero-order valence-corrected chi connectivity index (χ0v) is 20.1. The molecule has 1 aliphatic carbocycles. The second-order valence-electron chi connectivity index (χ2n) is 9.54. The molecule has 2 N–H and O–H groups in total. The van der Waals surface area contributed by atoms with Crippen LogP contribution in [0.25, 0.3) is 11.3 Å². The Bertz CT molecular complexity index is 1280. The highest BCUT2D eigenvalue weighted by Crippen LogP contribution is 2.40. The molecule has 2 aromatic heterocycles. The minimum absolute atomic E-state index is 0.144. The first-order valence-electron chi connectivity index (χ1n) is 12.2. The van der Waals surface area contributed by atoms with Gasteiger partial charge in [0.1, 0.15) is 11.5 Å². The van der Waals surface area contributed by atoms with Gasteiger partial charge in [-0.15, -0.1) is 0 Å². The van der Waals surface area contributed by atoms with Crippen molar-refractivity contribution < 1.29 is 9.18 Å². The van der Waals surface area contributed by atoms with Gasteiger partial charge in [-0.25, -0.2) is 9.37 Å². The molecule has 7 heteroatoms. The number of aromatic nitrogens is 2. The van der Waals surface area contributed by atoms with Crippen LogP contribution < -0.4 is 10.6 Å². The monoisotopic (exact) mass is 471 g/mol. The molecule has 1 amide bonds. The summed E-state index contributed by atoms with van der Waals surface area (Å²) in [5, 5.41) is 6.59. The van der Waals surface area contributed by atoms with Gasteiger partial charge in [-0.3, -0.25) is 14.8 Å². The maximum absolute atomic E-state index is 13.7. The number of hydrogen-bond acceptors (Lipinski definition) is 5. The second-order valence-corrected chi connectivity index (χ2v) is 9.54. The average Bonchev–Trinajstić information content (AvgIpc) is 3.55. The van der Waals surface area contributed by atoms with E-state index in [-0.39, 0.29) is 17.8 Å². The van der Waals surface area contributed by atoms with Crippen LogP contribution in [-0.4, -0.2) is 28.3 Å². The van der Waals surface area contributed by atoms with Gasteiger partial charge < -0.3 is 10.6 Å². The molecule has 1 saturated carbocycles. The lowest BCUT2D eigenvalue weighted by Gasteiger charge is -2.19. The van der Waals surface area contributed by atoms with Crippen molar-refractivity contribution >= 4 is 11.7 Å². The summed E-state index contributed by atoms with van der Waals surface area (Å²) in [6.07, 6.45) is 5.93. The average molecular weight is 472 g/mol. The van der Waals surface area contributed by atoms with Gasteiger partial charge in [0.2, 0.25) is 0 Å². The van der Waals surface area contributed by atoms with Crippen LogP contribution in [0.15, 0.2) is 53.7 Å². The molecule has 0 radical (unpaired) electrons. The quantitative estimate of drug-likeness (QED) is 0.505. The number of rotatable bonds is 7. The SMILES string of the molecule is Cc1ccnc(C(NC(=O)c2cc(CNC3=NCCC3)cc(-c3ccc(F)cc3C)n2)C2CC2)c1. The Balaban J connectivity index is 1.46. The normalized spacial score (nSPS) is 16.0. The van der Waals surface area contributed by atoms with Crippen LogP contribution in [0.2, 0.25) is 0 Å². The molecule has 2 aliphatic rings. The number of amides is 1. The molecular formula is C28H30FN5O. The number of amidine groups is 1. The standard InChI is InChI=1S/C28H30FN5O/c1-17-9-11-30-24(12-17)27(20-5-6-20)34-28(35)25-15-19(16-32-26-4-3-10-31-26)14-23(33-25)22-8-7-21(29)13-18(22)2/h7-9,11-15,20,27H,3-6,10,16H2,1-2H3,(H,31,32)(H,34,35). The molecular weight excluding hydrogens is 441 g/mol. The second kappa shape index (κ2) is 9.94. The van der Waals surface area contributed by atoms with E-state index in [4.69, 9.17) is 4.98 Å². The molecule has 0 saturated heterocycles. The predicted octanol–water partition coefficient (Wildman–Crippen LogP) is 5.06. The number of nitrogens with zero attached hydrogens (tertiary/aromatic N) is 3. The molecule has 180 valence electrons. The van der Waals surface area contributed by atoms with Gasteiger partial charge in [0, 0.05) is 31.3 Å². The number of benzene rings is 1. The largest absolute Gasteiger partial charge is 0.370 e. The number of nitrogens with one attached hydrogen (secondary N) is 2. The molecule has 3 heterocycles. The fourth-order valence-electron chi connectivity index (χ4n) is 4.55. The summed E-state index contributed by atoms with van der Waals surface area (Å²) >= 11 is 0. The summed E-state index contributed by atoms with van der Waals surface area (Å²) in [6.45, 7) is 5.27. The first-order valence-corrected chi connectivity index (χ1v) is 12.2. The van der Waals surface area contributed by atoms with Gasteiger partial charge in [0.15, 0.2) is 0 Å². The highest BCUT2D eigenvalue weighted by atomic mass is 19.1. The fraction of sp³-hybridized carbons (Fsp3) is 0.357. The van der Waals surface area contributed by atoms with Crippen LogP contribution in [0.3, 0.4) is 0 Å². The van der Waals surface area contributed by atoms with Gasteiger partial charge in [-0.05, 0) is 98.2 Å². The van der Waals surface area contributed by atoms with Gasteiger partial charge in [-0.2, -0.15) is 0 Å². The summed E-state index contributed by atoms with van der Waals surface area (Å²) in [7, 11) is 0. The maximum atomic E-state index is 13.7. The molecule has 35 heavy (non-hydrogen) atoms. The Hall–Kier alpha value is -3.61. The number of carbonyl (C=O) groups is 1. The number of hydrogen-bond donors (Lipinski definition) is 2. The smallest absolute Gasteiger partial charge is 0.270 e. The maximum Gasteiger partial charge on any atom is 0.270 e. The fourth-order valence-corrected chi connectivity index (χ4v) is 4.55. The third kappa shape index (κ3) is 5.56. The van der Waals surface area contributed by atoms with Crippen LogP contribution in [0, 0.1) is 25.6 Å². The van der Waals surface area contributed by atoms with E-state index < -0.39 is 0 Å². The molecule has 1 unspecified atom stereocenters. The molecule has 0 bridgehead atoms. The Morgan fingerprint density at radius 2 is 2.00 bits per heavy atom. The third-order valence-corrected chi connectivity index (χ3v) is 6.59. The van der Waals surface area contributed by atoms with Crippen LogP contribution in [-0.2, 0) is 6.54 Å². The van der Waals surface area contributed by atoms with E-state index in [0.29, 0.717) is 23.9 Å². The molecule has 3 aromatic rings. The molecule has 0 spiro atoms. The number of aryl methyl sites for hydroxylation is 2. The van der Waals surface area contributed by atoms with E-state index in [1.165, 1.54) is 12.1 Å². The van der Waals surface area contributed by atoms with E-state index in [9.17, 15) is 9.18 Å². The molecule has 6 nitrogen and oxygen atoms in total. The first kappa shape index (κ1) is 23.1.